The number of nitrogens with zero attached hydrogens (tertiary/aromatic N) is 4. The van der Waals surface area contributed by atoms with Crippen molar-refractivity contribution in [1.29, 1.82) is 0 Å². The number of carbonyl (C=O) groups excluding carboxylic acids is 1. The molecule has 0 aliphatic carbocycles. The summed E-state index contributed by atoms with van der Waals surface area (Å²) in [5.41, 5.74) is 2.97. The van der Waals surface area contributed by atoms with Gasteiger partial charge in [0.2, 0.25) is 5.95 Å². The highest BCUT2D eigenvalue weighted by Crippen LogP contribution is 2.29. The number of nitrogens with one attached hydrogen (secondary N) is 2. The average Bonchev–Trinajstić information content (AvgIpc) is 3.13. The van der Waals surface area contributed by atoms with Crippen molar-refractivity contribution in [3.05, 3.63) is 78.9 Å². The van der Waals surface area contributed by atoms with Gasteiger partial charge in [-0.05, 0) is 41.8 Å². The van der Waals surface area contributed by atoms with Crippen LogP contribution in [0.15, 0.2) is 73.2 Å². The molecule has 8 heteroatoms. The van der Waals surface area contributed by atoms with Gasteiger partial charge in [-0.2, -0.15) is 0 Å². The molecule has 5 aromatic rings. The van der Waals surface area contributed by atoms with Gasteiger partial charge in [0.05, 0.1) is 11.0 Å². The van der Waals surface area contributed by atoms with Gasteiger partial charge in [0.25, 0.3) is 5.91 Å². The molecule has 0 unspecified atom stereocenters. The molecule has 3 aromatic heterocycles. The Labute approximate surface area is 183 Å². The van der Waals surface area contributed by atoms with Crippen molar-refractivity contribution in [2.24, 2.45) is 7.05 Å². The molecular formula is C24H20N6O2. The topological polar surface area (TPSA) is 94.0 Å². The number of hydrogen-bond donors (Lipinski definition) is 2. The van der Waals surface area contributed by atoms with E-state index in [1.807, 2.05) is 54.2 Å². The van der Waals surface area contributed by atoms with Gasteiger partial charge in [-0.25, -0.2) is 4.98 Å². The van der Waals surface area contributed by atoms with E-state index in [4.69, 9.17) is 9.72 Å². The zero-order valence-corrected chi connectivity index (χ0v) is 17.5. The van der Waals surface area contributed by atoms with Crippen molar-refractivity contribution >= 4 is 39.3 Å². The Morgan fingerprint density at radius 1 is 0.969 bits per heavy atom. The molecule has 2 aromatic carbocycles. The van der Waals surface area contributed by atoms with Crippen molar-refractivity contribution in [1.82, 2.24) is 24.8 Å². The fourth-order valence-corrected chi connectivity index (χ4v) is 3.51. The zero-order chi connectivity index (χ0) is 22.1. The fraction of sp³-hybridized carbons (Fsp3) is 0.0833. The molecule has 2 N–H and O–H groups in total. The number of imidazole rings is 1. The lowest BCUT2D eigenvalue weighted by Gasteiger charge is -2.08. The summed E-state index contributed by atoms with van der Waals surface area (Å²) in [5, 5.41) is 8.12. The number of ether oxygens (including phenoxy) is 1. The Morgan fingerprint density at radius 3 is 2.72 bits per heavy atom. The van der Waals surface area contributed by atoms with Crippen LogP contribution < -0.4 is 15.4 Å². The molecule has 0 aliphatic rings. The van der Waals surface area contributed by atoms with Crippen LogP contribution in [0.3, 0.4) is 0 Å². The molecule has 8 nitrogen and oxygen atoms in total. The number of anilines is 2. The summed E-state index contributed by atoms with van der Waals surface area (Å²) in [5.74, 6) is 1.59. The molecule has 0 fully saturated rings. The van der Waals surface area contributed by atoms with Gasteiger partial charge in [0, 0.05) is 55.9 Å². The smallest absolute Gasteiger partial charge is 0.269 e. The monoisotopic (exact) mass is 424 g/mol. The maximum Gasteiger partial charge on any atom is 0.269 e. The van der Waals surface area contributed by atoms with Crippen molar-refractivity contribution in [3.63, 3.8) is 0 Å². The first-order valence-corrected chi connectivity index (χ1v) is 10.0. The highest BCUT2D eigenvalue weighted by atomic mass is 16.5. The third kappa shape index (κ3) is 3.69. The predicted molar refractivity (Wildman–Crippen MR) is 123 cm³/mol. The third-order valence-corrected chi connectivity index (χ3v) is 5.18. The van der Waals surface area contributed by atoms with Gasteiger partial charge in [-0.3, -0.25) is 14.8 Å². The van der Waals surface area contributed by atoms with E-state index in [-0.39, 0.29) is 5.91 Å². The van der Waals surface area contributed by atoms with Crippen LogP contribution in [0.2, 0.25) is 0 Å². The number of aryl methyl sites for hydroxylation is 1. The SMILES string of the molecule is CNC(=O)c1cc(Oc2ccc3c(c2)nc(Nc2ccc4ccncc4c2)n3C)ccn1. The normalized spacial score (nSPS) is 10.9. The fourth-order valence-electron chi connectivity index (χ4n) is 3.51. The van der Waals surface area contributed by atoms with E-state index in [2.05, 4.69) is 26.7 Å². The average molecular weight is 424 g/mol. The molecule has 0 saturated carbocycles. The molecule has 0 atom stereocenters. The molecular weight excluding hydrogens is 404 g/mol. The van der Waals surface area contributed by atoms with Gasteiger partial charge < -0.3 is 19.9 Å². The van der Waals surface area contributed by atoms with Crippen molar-refractivity contribution in [2.75, 3.05) is 12.4 Å². The molecule has 0 radical (unpaired) electrons. The summed E-state index contributed by atoms with van der Waals surface area (Å²) >= 11 is 0. The number of rotatable bonds is 5. The van der Waals surface area contributed by atoms with Crippen LogP contribution in [0, 0.1) is 0 Å². The zero-order valence-electron chi connectivity index (χ0n) is 17.5. The number of hydrogen-bond acceptors (Lipinski definition) is 6. The first-order chi connectivity index (χ1) is 15.6. The molecule has 5 rings (SSSR count). The molecule has 0 spiro atoms. The summed E-state index contributed by atoms with van der Waals surface area (Å²) < 4.78 is 7.93. The Balaban J connectivity index is 1.42. The van der Waals surface area contributed by atoms with Gasteiger partial charge >= 0.3 is 0 Å². The lowest BCUT2D eigenvalue weighted by Crippen LogP contribution is -2.18. The quantitative estimate of drug-likeness (QED) is 0.434. The standard InChI is InChI=1S/C24H20N6O2/c1-25-23(31)21-13-19(8-10-27-21)32-18-5-6-22-20(12-18)29-24(30(22)2)28-17-4-3-15-7-9-26-14-16(15)11-17/h3-14H,1-2H3,(H,25,31)(H,28,29). The molecule has 32 heavy (non-hydrogen) atoms. The minimum Gasteiger partial charge on any atom is -0.457 e. The molecule has 0 bridgehead atoms. The van der Waals surface area contributed by atoms with E-state index >= 15 is 0 Å². The lowest BCUT2D eigenvalue weighted by molar-refractivity contribution is 0.0958. The number of pyridine rings is 2. The maximum atomic E-state index is 11.8. The first-order valence-electron chi connectivity index (χ1n) is 10.0. The number of fused-ring (bicyclic) bond motifs is 2. The largest absolute Gasteiger partial charge is 0.457 e. The number of carbonyl (C=O) groups is 1. The number of amides is 1. The van der Waals surface area contributed by atoms with Crippen LogP contribution in [0.1, 0.15) is 10.5 Å². The van der Waals surface area contributed by atoms with Crippen LogP contribution in [-0.2, 0) is 7.05 Å². The Kier molecular flexibility index (Phi) is 4.87. The van der Waals surface area contributed by atoms with Gasteiger partial charge in [0.1, 0.15) is 17.2 Å². The summed E-state index contributed by atoms with van der Waals surface area (Å²) in [6.07, 6.45) is 5.17. The minimum atomic E-state index is -0.268. The minimum absolute atomic E-state index is 0.268. The number of aromatic nitrogens is 4. The van der Waals surface area contributed by atoms with Crippen molar-refractivity contribution in [2.45, 2.75) is 0 Å². The lowest BCUT2D eigenvalue weighted by atomic mass is 10.1. The Morgan fingerprint density at radius 2 is 1.84 bits per heavy atom. The van der Waals surface area contributed by atoms with Crippen LogP contribution in [0.5, 0.6) is 11.5 Å². The first kappa shape index (κ1) is 19.5. The molecule has 3 heterocycles. The van der Waals surface area contributed by atoms with Gasteiger partial charge in [0.15, 0.2) is 0 Å². The van der Waals surface area contributed by atoms with E-state index in [1.54, 1.807) is 31.6 Å². The maximum absolute atomic E-state index is 11.8. The van der Waals surface area contributed by atoms with E-state index in [9.17, 15) is 4.79 Å². The van der Waals surface area contributed by atoms with Crippen LogP contribution >= 0.6 is 0 Å². The predicted octanol–water partition coefficient (Wildman–Crippen LogP) is 4.41. The van der Waals surface area contributed by atoms with E-state index in [0.29, 0.717) is 23.1 Å². The summed E-state index contributed by atoms with van der Waals surface area (Å²) in [6, 6.07) is 17.1. The van der Waals surface area contributed by atoms with E-state index in [0.717, 1.165) is 27.5 Å². The van der Waals surface area contributed by atoms with Crippen molar-refractivity contribution in [3.8, 4) is 11.5 Å². The molecule has 1 amide bonds. The van der Waals surface area contributed by atoms with Crippen LogP contribution in [0.4, 0.5) is 11.6 Å². The second kappa shape index (κ2) is 7.99. The molecule has 158 valence electrons. The summed E-state index contributed by atoms with van der Waals surface area (Å²) in [4.78, 5) is 24.8. The Bertz CT molecular complexity index is 1460. The molecule has 0 aliphatic heterocycles. The van der Waals surface area contributed by atoms with Gasteiger partial charge in [-0.1, -0.05) is 6.07 Å². The molecule has 0 saturated heterocycles. The van der Waals surface area contributed by atoms with E-state index < -0.39 is 0 Å². The third-order valence-electron chi connectivity index (χ3n) is 5.18. The highest BCUT2D eigenvalue weighted by Gasteiger charge is 2.11. The summed E-state index contributed by atoms with van der Waals surface area (Å²) in [7, 11) is 3.52. The second-order valence-corrected chi connectivity index (χ2v) is 7.27. The van der Waals surface area contributed by atoms with Crippen molar-refractivity contribution < 1.29 is 9.53 Å². The van der Waals surface area contributed by atoms with E-state index in [1.165, 1.54) is 0 Å². The second-order valence-electron chi connectivity index (χ2n) is 7.27. The Hall–Kier alpha value is -4.46. The van der Waals surface area contributed by atoms with Crippen LogP contribution in [-0.4, -0.2) is 32.5 Å². The number of benzene rings is 2. The van der Waals surface area contributed by atoms with Crippen LogP contribution in [0.25, 0.3) is 21.8 Å². The summed E-state index contributed by atoms with van der Waals surface area (Å²) in [6.45, 7) is 0. The highest BCUT2D eigenvalue weighted by molar-refractivity contribution is 5.92. The van der Waals surface area contributed by atoms with Gasteiger partial charge in [-0.15, -0.1) is 0 Å².